The van der Waals surface area contributed by atoms with E-state index in [1.54, 1.807) is 11.9 Å². The lowest BCUT2D eigenvalue weighted by molar-refractivity contribution is -0.139. The Morgan fingerprint density at radius 1 is 1.19 bits per heavy atom. The van der Waals surface area contributed by atoms with Crippen molar-refractivity contribution < 1.29 is 29.0 Å². The predicted octanol–water partition coefficient (Wildman–Crippen LogP) is 6.07. The number of ether oxygens (including phenoxy) is 2. The molecule has 0 atom stereocenters. The molecule has 0 bridgehead atoms. The van der Waals surface area contributed by atoms with E-state index in [1.165, 1.54) is 7.11 Å². The van der Waals surface area contributed by atoms with E-state index in [0.29, 0.717) is 16.1 Å². The van der Waals surface area contributed by atoms with Crippen LogP contribution in [0.2, 0.25) is 5.02 Å². The summed E-state index contributed by atoms with van der Waals surface area (Å²) in [4.78, 5) is 38.9. The number of carbonyl (C=O) groups is 3. The summed E-state index contributed by atoms with van der Waals surface area (Å²) < 4.78 is 10.2. The lowest BCUT2D eigenvalue weighted by Gasteiger charge is -2.48. The molecule has 1 aromatic heterocycles. The number of carbonyl (C=O) groups excluding carboxylic acids is 2. The number of carboxylic acid groups (broad SMARTS) is 1. The standard InChI is InChI=1S/C26H33ClN2O6S/c1-25(2)11-17(12-26(3,4)14-25)29(24(33)28-5)16-9-7-8-15(10-16)21-19(27)20(35-13-18(30)31)22(36-21)23(32)34-6/h7-10,17H,11-14H2,1-6H3,(H,28,33)(H,30,31). The number of methoxy groups -OCH3 is 1. The monoisotopic (exact) mass is 536 g/mol. The number of hydrogen-bond donors (Lipinski definition) is 2. The van der Waals surface area contributed by atoms with Crippen molar-refractivity contribution >= 4 is 46.6 Å². The molecule has 0 spiro atoms. The number of nitrogens with one attached hydrogen (secondary N) is 1. The quantitative estimate of drug-likeness (QED) is 0.416. The molecule has 1 aromatic carbocycles. The van der Waals surface area contributed by atoms with Gasteiger partial charge in [-0.3, -0.25) is 4.90 Å². The first-order chi connectivity index (χ1) is 16.8. The Balaban J connectivity index is 2.07. The largest absolute Gasteiger partial charge is 0.479 e. The average molecular weight is 537 g/mol. The van der Waals surface area contributed by atoms with Gasteiger partial charge in [0.25, 0.3) is 0 Å². The van der Waals surface area contributed by atoms with Crippen molar-refractivity contribution in [3.05, 3.63) is 34.2 Å². The van der Waals surface area contributed by atoms with Gasteiger partial charge in [-0.25, -0.2) is 14.4 Å². The van der Waals surface area contributed by atoms with Gasteiger partial charge in [-0.15, -0.1) is 11.3 Å². The van der Waals surface area contributed by atoms with Gasteiger partial charge in [-0.1, -0.05) is 51.4 Å². The van der Waals surface area contributed by atoms with Crippen LogP contribution in [0.3, 0.4) is 0 Å². The zero-order valence-corrected chi connectivity index (χ0v) is 23.0. The Hall–Kier alpha value is -2.78. The molecule has 1 heterocycles. The molecule has 0 aliphatic heterocycles. The van der Waals surface area contributed by atoms with Crippen LogP contribution in [0.5, 0.6) is 5.75 Å². The minimum Gasteiger partial charge on any atom is -0.479 e. The van der Waals surface area contributed by atoms with Gasteiger partial charge in [0.2, 0.25) is 0 Å². The van der Waals surface area contributed by atoms with Crippen LogP contribution in [0.15, 0.2) is 24.3 Å². The lowest BCUT2D eigenvalue weighted by atomic mass is 9.63. The minimum atomic E-state index is -1.20. The van der Waals surface area contributed by atoms with E-state index in [2.05, 4.69) is 33.0 Å². The maximum atomic E-state index is 13.1. The number of anilines is 1. The number of urea groups is 1. The van der Waals surface area contributed by atoms with Gasteiger partial charge >= 0.3 is 18.0 Å². The average Bonchev–Trinajstić information content (AvgIpc) is 3.11. The summed E-state index contributed by atoms with van der Waals surface area (Å²) in [5.74, 6) is -1.91. The van der Waals surface area contributed by atoms with Crippen LogP contribution in [0.25, 0.3) is 10.4 Å². The second-order valence-corrected chi connectivity index (χ2v) is 12.0. The highest BCUT2D eigenvalue weighted by Gasteiger charge is 2.42. The molecule has 1 saturated carbocycles. The zero-order valence-electron chi connectivity index (χ0n) is 21.4. The van der Waals surface area contributed by atoms with Gasteiger partial charge < -0.3 is 19.9 Å². The van der Waals surface area contributed by atoms with Crippen LogP contribution in [-0.2, 0) is 9.53 Å². The summed E-state index contributed by atoms with van der Waals surface area (Å²) in [6, 6.07) is 7.15. The minimum absolute atomic E-state index is 0.0159. The highest BCUT2D eigenvalue weighted by atomic mass is 35.5. The molecular formula is C26H33ClN2O6S. The molecule has 0 saturated heterocycles. The maximum absolute atomic E-state index is 13.1. The summed E-state index contributed by atoms with van der Waals surface area (Å²) >= 11 is 7.64. The molecule has 36 heavy (non-hydrogen) atoms. The number of hydrogen-bond acceptors (Lipinski definition) is 6. The number of benzene rings is 1. The molecule has 2 aromatic rings. The Morgan fingerprint density at radius 3 is 2.39 bits per heavy atom. The zero-order chi connectivity index (χ0) is 26.8. The molecule has 10 heteroatoms. The van der Waals surface area contributed by atoms with Gasteiger partial charge in [0, 0.05) is 18.8 Å². The Kier molecular flexibility index (Phi) is 8.25. The molecule has 1 aliphatic carbocycles. The number of amides is 2. The van der Waals surface area contributed by atoms with Crippen molar-refractivity contribution in [3.63, 3.8) is 0 Å². The number of thiophene rings is 1. The third-order valence-corrected chi connectivity index (χ3v) is 7.91. The molecule has 2 amide bonds. The number of carboxylic acids is 1. The first-order valence-corrected chi connectivity index (χ1v) is 12.8. The van der Waals surface area contributed by atoms with E-state index in [1.807, 2.05) is 24.3 Å². The lowest BCUT2D eigenvalue weighted by Crippen LogP contribution is -2.51. The van der Waals surface area contributed by atoms with E-state index in [9.17, 15) is 14.4 Å². The number of nitrogens with zero attached hydrogens (tertiary/aromatic N) is 1. The van der Waals surface area contributed by atoms with E-state index in [4.69, 9.17) is 26.2 Å². The third kappa shape index (κ3) is 6.13. The van der Waals surface area contributed by atoms with E-state index in [-0.39, 0.29) is 38.6 Å². The third-order valence-electron chi connectivity index (χ3n) is 6.24. The number of halogens is 1. The molecule has 0 unspecified atom stereocenters. The van der Waals surface area contributed by atoms with Crippen LogP contribution in [0.1, 0.15) is 56.6 Å². The SMILES string of the molecule is CNC(=O)N(c1cccc(-c2sc(C(=O)OC)c(OCC(=O)O)c2Cl)c1)C1CC(C)(C)CC(C)(C)C1. The van der Waals surface area contributed by atoms with Crippen LogP contribution in [0.4, 0.5) is 10.5 Å². The highest BCUT2D eigenvalue weighted by molar-refractivity contribution is 7.18. The molecular weight excluding hydrogens is 504 g/mol. The fourth-order valence-corrected chi connectivity index (χ4v) is 6.93. The molecule has 2 N–H and O–H groups in total. The summed E-state index contributed by atoms with van der Waals surface area (Å²) in [7, 11) is 2.84. The van der Waals surface area contributed by atoms with E-state index < -0.39 is 18.5 Å². The van der Waals surface area contributed by atoms with E-state index >= 15 is 0 Å². The molecule has 1 aliphatic rings. The summed E-state index contributed by atoms with van der Waals surface area (Å²) in [6.07, 6.45) is 2.78. The molecule has 196 valence electrons. The molecule has 0 radical (unpaired) electrons. The smallest absolute Gasteiger partial charge is 0.351 e. The number of rotatable bonds is 7. The van der Waals surface area contributed by atoms with Crippen molar-refractivity contribution in [2.75, 3.05) is 25.7 Å². The van der Waals surface area contributed by atoms with Crippen LogP contribution in [-0.4, -0.2) is 49.9 Å². The summed E-state index contributed by atoms with van der Waals surface area (Å²) in [5.41, 5.74) is 1.50. The van der Waals surface area contributed by atoms with E-state index in [0.717, 1.165) is 30.6 Å². The molecule has 1 fully saturated rings. The second kappa shape index (κ2) is 10.7. The Labute approximate surface area is 220 Å². The number of esters is 1. The summed E-state index contributed by atoms with van der Waals surface area (Å²) in [5, 5.41) is 11.9. The first-order valence-electron chi connectivity index (χ1n) is 11.6. The van der Waals surface area contributed by atoms with Crippen molar-refractivity contribution in [2.24, 2.45) is 10.8 Å². The number of aliphatic carboxylic acids is 1. The van der Waals surface area contributed by atoms with Gasteiger partial charge in [0.15, 0.2) is 17.2 Å². The van der Waals surface area contributed by atoms with Gasteiger partial charge in [-0.2, -0.15) is 0 Å². The fourth-order valence-electron chi connectivity index (χ4n) is 5.45. The second-order valence-electron chi connectivity index (χ2n) is 10.6. The van der Waals surface area contributed by atoms with Crippen LogP contribution in [0, 0.1) is 10.8 Å². The molecule has 3 rings (SSSR count). The van der Waals surface area contributed by atoms with Gasteiger partial charge in [0.05, 0.1) is 12.0 Å². The maximum Gasteiger partial charge on any atom is 0.351 e. The van der Waals surface area contributed by atoms with Crippen molar-refractivity contribution in [3.8, 4) is 16.2 Å². The van der Waals surface area contributed by atoms with Crippen molar-refractivity contribution in [1.29, 1.82) is 0 Å². The van der Waals surface area contributed by atoms with Gasteiger partial charge in [0.1, 0.15) is 5.02 Å². The van der Waals surface area contributed by atoms with Crippen LogP contribution < -0.4 is 15.0 Å². The topological polar surface area (TPSA) is 105 Å². The first kappa shape index (κ1) is 27.8. The Bertz CT molecular complexity index is 1140. The predicted molar refractivity (Wildman–Crippen MR) is 141 cm³/mol. The Morgan fingerprint density at radius 2 is 1.83 bits per heavy atom. The fraction of sp³-hybridized carbons (Fsp3) is 0.500. The van der Waals surface area contributed by atoms with Crippen molar-refractivity contribution in [1.82, 2.24) is 5.32 Å². The molecule has 8 nitrogen and oxygen atoms in total. The summed E-state index contributed by atoms with van der Waals surface area (Å²) in [6.45, 7) is 8.28. The van der Waals surface area contributed by atoms with Crippen LogP contribution >= 0.6 is 22.9 Å². The van der Waals surface area contributed by atoms with Gasteiger partial charge in [-0.05, 0) is 47.8 Å². The normalized spacial score (nSPS) is 16.8. The highest BCUT2D eigenvalue weighted by Crippen LogP contribution is 2.49. The van der Waals surface area contributed by atoms with Crippen molar-refractivity contribution in [2.45, 2.75) is 53.0 Å².